The maximum Gasteiger partial charge on any atom is 0.306 e. The van der Waals surface area contributed by atoms with Crippen molar-refractivity contribution in [1.82, 2.24) is 0 Å². The van der Waals surface area contributed by atoms with E-state index in [0.717, 1.165) is 89.9 Å². The zero-order chi connectivity index (χ0) is 50.0. The van der Waals surface area contributed by atoms with Gasteiger partial charge in [0.15, 0.2) is 6.10 Å². The van der Waals surface area contributed by atoms with Crippen molar-refractivity contribution in [1.29, 1.82) is 0 Å². The van der Waals surface area contributed by atoms with Crippen LogP contribution in [0.2, 0.25) is 0 Å². The molecular formula is C63H94O6. The van der Waals surface area contributed by atoms with Gasteiger partial charge in [-0.05, 0) is 96.3 Å². The van der Waals surface area contributed by atoms with Crippen molar-refractivity contribution in [2.24, 2.45) is 0 Å². The molecule has 0 bridgehead atoms. The van der Waals surface area contributed by atoms with Gasteiger partial charge in [-0.3, -0.25) is 14.4 Å². The minimum atomic E-state index is -0.841. The molecule has 0 aliphatic carbocycles. The minimum absolute atomic E-state index is 0.130. The number of esters is 3. The van der Waals surface area contributed by atoms with Gasteiger partial charge in [0, 0.05) is 19.3 Å². The second kappa shape index (κ2) is 55.4. The molecule has 0 aliphatic heterocycles. The Hall–Kier alpha value is -5.23. The van der Waals surface area contributed by atoms with Crippen LogP contribution in [0.15, 0.2) is 170 Å². The number of rotatable bonds is 45. The van der Waals surface area contributed by atoms with Crippen molar-refractivity contribution in [2.45, 2.75) is 194 Å². The summed E-state index contributed by atoms with van der Waals surface area (Å²) in [6.07, 6.45) is 81.9. The highest BCUT2D eigenvalue weighted by molar-refractivity contribution is 5.71. The quantitative estimate of drug-likeness (QED) is 0.0199. The van der Waals surface area contributed by atoms with Crippen molar-refractivity contribution in [3.63, 3.8) is 0 Å². The Morgan fingerprint density at radius 1 is 0.319 bits per heavy atom. The highest BCUT2D eigenvalue weighted by atomic mass is 16.6. The smallest absolute Gasteiger partial charge is 0.306 e. The van der Waals surface area contributed by atoms with Crippen LogP contribution >= 0.6 is 0 Å². The summed E-state index contributed by atoms with van der Waals surface area (Å²) < 4.78 is 16.7. The zero-order valence-corrected chi connectivity index (χ0v) is 43.5. The van der Waals surface area contributed by atoms with Gasteiger partial charge >= 0.3 is 17.9 Å². The Bertz CT molecular complexity index is 1650. The number of carbonyl (C=O) groups is 3. The van der Waals surface area contributed by atoms with Gasteiger partial charge in [-0.1, -0.05) is 242 Å². The minimum Gasteiger partial charge on any atom is -0.462 e. The zero-order valence-electron chi connectivity index (χ0n) is 43.5. The van der Waals surface area contributed by atoms with Gasteiger partial charge in [-0.25, -0.2) is 0 Å². The average Bonchev–Trinajstić information content (AvgIpc) is 3.35. The molecule has 6 nitrogen and oxygen atoms in total. The standard InChI is InChI=1S/C63H94O6/c1-4-7-10-13-16-19-22-25-28-30-31-33-35-38-41-44-47-50-53-56-62(65)68-59-60(58-67-61(64)55-52-49-46-43-40-37-34-27-24-21-18-15-12-9-6-3)69-63(66)57-54-51-48-45-42-39-36-32-29-26-23-20-17-14-11-8-5-2/h7,9-10,12-13,15-22,24-26,28-31,33,35-36,38-39,41,45,48,60H,4-6,8,11,14,23,27,32,34,37,40,42-44,46-47,49-59H2,1-3H3/b10-7-,12-9-,16-13-,18-15-,20-17-,22-19-,24-21-,28-25-,29-26-,31-30+,35-33-,39-36-,41-38-,48-45-. The first-order valence-electron chi connectivity index (χ1n) is 26.8. The van der Waals surface area contributed by atoms with Crippen LogP contribution in [-0.4, -0.2) is 37.2 Å². The predicted octanol–water partition coefficient (Wildman–Crippen LogP) is 18.0. The monoisotopic (exact) mass is 947 g/mol. The summed E-state index contributed by atoms with van der Waals surface area (Å²) in [4.78, 5) is 38.1. The lowest BCUT2D eigenvalue weighted by molar-refractivity contribution is -0.167. The van der Waals surface area contributed by atoms with Crippen molar-refractivity contribution in [2.75, 3.05) is 13.2 Å². The first kappa shape index (κ1) is 63.8. The fourth-order valence-electron chi connectivity index (χ4n) is 6.47. The Morgan fingerprint density at radius 2 is 0.638 bits per heavy atom. The van der Waals surface area contributed by atoms with Crippen LogP contribution in [0.1, 0.15) is 188 Å². The molecule has 0 rings (SSSR count). The van der Waals surface area contributed by atoms with Crippen LogP contribution in [0.25, 0.3) is 0 Å². The summed E-state index contributed by atoms with van der Waals surface area (Å²) in [6, 6.07) is 0. The lowest BCUT2D eigenvalue weighted by Crippen LogP contribution is -2.30. The number of hydrogen-bond acceptors (Lipinski definition) is 6. The number of unbranched alkanes of at least 4 members (excludes halogenated alkanes) is 14. The molecule has 0 radical (unpaired) electrons. The van der Waals surface area contributed by atoms with Gasteiger partial charge in [0.2, 0.25) is 0 Å². The highest BCUT2D eigenvalue weighted by Gasteiger charge is 2.19. The van der Waals surface area contributed by atoms with E-state index in [-0.39, 0.29) is 38.0 Å². The normalized spacial score (nSPS) is 13.5. The van der Waals surface area contributed by atoms with Gasteiger partial charge in [0.05, 0.1) is 0 Å². The lowest BCUT2D eigenvalue weighted by Gasteiger charge is -2.18. The summed E-state index contributed by atoms with van der Waals surface area (Å²) in [5.74, 6) is -1.06. The van der Waals surface area contributed by atoms with E-state index in [0.29, 0.717) is 19.3 Å². The Balaban J connectivity index is 4.64. The van der Waals surface area contributed by atoms with Gasteiger partial charge in [0.25, 0.3) is 0 Å². The Labute approximate surface area is 422 Å². The lowest BCUT2D eigenvalue weighted by atomic mass is 10.1. The summed E-state index contributed by atoms with van der Waals surface area (Å²) in [5.41, 5.74) is 0. The molecule has 0 N–H and O–H groups in total. The molecule has 0 fully saturated rings. The van der Waals surface area contributed by atoms with E-state index >= 15 is 0 Å². The van der Waals surface area contributed by atoms with Crippen LogP contribution < -0.4 is 0 Å². The van der Waals surface area contributed by atoms with Crippen molar-refractivity contribution < 1.29 is 28.6 Å². The number of hydrogen-bond donors (Lipinski definition) is 0. The molecule has 0 aromatic heterocycles. The summed E-state index contributed by atoms with van der Waals surface area (Å²) in [5, 5.41) is 0. The molecule has 1 unspecified atom stereocenters. The Morgan fingerprint density at radius 3 is 1.07 bits per heavy atom. The van der Waals surface area contributed by atoms with Gasteiger partial charge in [-0.15, -0.1) is 0 Å². The van der Waals surface area contributed by atoms with E-state index in [9.17, 15) is 14.4 Å². The number of allylic oxidation sites excluding steroid dienone is 28. The topological polar surface area (TPSA) is 78.9 Å². The summed E-state index contributed by atoms with van der Waals surface area (Å²) >= 11 is 0. The fraction of sp³-hybridized carbons (Fsp3) is 0.508. The van der Waals surface area contributed by atoms with Crippen LogP contribution in [-0.2, 0) is 28.6 Å². The molecule has 1 atom stereocenters. The largest absolute Gasteiger partial charge is 0.462 e. The van der Waals surface area contributed by atoms with E-state index in [2.05, 4.69) is 118 Å². The molecule has 0 amide bonds. The molecular weight excluding hydrogens is 853 g/mol. The molecule has 69 heavy (non-hydrogen) atoms. The molecule has 6 heteroatoms. The molecule has 0 spiro atoms. The van der Waals surface area contributed by atoms with Gasteiger partial charge in [-0.2, -0.15) is 0 Å². The van der Waals surface area contributed by atoms with Crippen molar-refractivity contribution in [3.05, 3.63) is 170 Å². The van der Waals surface area contributed by atoms with Gasteiger partial charge in [0.1, 0.15) is 13.2 Å². The molecule has 0 saturated carbocycles. The van der Waals surface area contributed by atoms with E-state index in [1.807, 2.05) is 72.9 Å². The molecule has 0 aromatic carbocycles. The first-order valence-corrected chi connectivity index (χ1v) is 26.8. The Kier molecular flexibility index (Phi) is 51.2. The fourth-order valence-corrected chi connectivity index (χ4v) is 6.47. The van der Waals surface area contributed by atoms with Crippen molar-refractivity contribution >= 4 is 17.9 Å². The van der Waals surface area contributed by atoms with Crippen LogP contribution in [0.3, 0.4) is 0 Å². The number of ether oxygens (including phenoxy) is 3. The van der Waals surface area contributed by atoms with E-state index in [1.54, 1.807) is 0 Å². The second-order valence-electron chi connectivity index (χ2n) is 16.9. The molecule has 382 valence electrons. The summed E-state index contributed by atoms with van der Waals surface area (Å²) in [6.45, 7) is 6.21. The molecule has 0 aliphatic rings. The SMILES string of the molecule is CC\C=C/C=C\C=C/C=C\C=C\C=C/C=C\CCCCCC(=O)OCC(COC(=O)CCCCCCCCC\C=C/C=C\C=C/CC)OC(=O)CCC/C=C\C/C=C\C/C=C\C/C=C\CCCCC. The molecule has 0 aromatic rings. The van der Waals surface area contributed by atoms with Gasteiger partial charge < -0.3 is 14.2 Å². The number of carbonyl (C=O) groups excluding carboxylic acids is 3. The maximum atomic E-state index is 12.8. The molecule has 0 heterocycles. The summed E-state index contributed by atoms with van der Waals surface area (Å²) in [7, 11) is 0. The van der Waals surface area contributed by atoms with Crippen LogP contribution in [0.5, 0.6) is 0 Å². The van der Waals surface area contributed by atoms with E-state index in [4.69, 9.17) is 14.2 Å². The van der Waals surface area contributed by atoms with E-state index in [1.165, 1.54) is 44.9 Å². The predicted molar refractivity (Wildman–Crippen MR) is 297 cm³/mol. The van der Waals surface area contributed by atoms with Crippen LogP contribution in [0.4, 0.5) is 0 Å². The van der Waals surface area contributed by atoms with E-state index < -0.39 is 12.1 Å². The maximum absolute atomic E-state index is 12.8. The third kappa shape index (κ3) is 53.6. The first-order chi connectivity index (χ1) is 34.0. The van der Waals surface area contributed by atoms with Crippen molar-refractivity contribution in [3.8, 4) is 0 Å². The second-order valence-corrected chi connectivity index (χ2v) is 16.9. The highest BCUT2D eigenvalue weighted by Crippen LogP contribution is 2.12. The molecule has 0 saturated heterocycles. The average molecular weight is 947 g/mol. The van der Waals surface area contributed by atoms with Crippen LogP contribution in [0, 0.1) is 0 Å². The third-order valence-electron chi connectivity index (χ3n) is 10.4. The third-order valence-corrected chi connectivity index (χ3v) is 10.4.